The number of nitrogens with one attached hydrogen (secondary N) is 1. The number of amides is 2. The minimum absolute atomic E-state index is 0.0784. The highest BCUT2D eigenvalue weighted by atomic mass is 35.5. The van der Waals surface area contributed by atoms with Gasteiger partial charge in [0.1, 0.15) is 11.8 Å². The predicted octanol–water partition coefficient (Wildman–Crippen LogP) is 1.98. The molecule has 2 rings (SSSR count). The molecule has 1 heterocycles. The van der Waals surface area contributed by atoms with Gasteiger partial charge in [-0.2, -0.15) is 0 Å². The first-order chi connectivity index (χ1) is 10.1. The summed E-state index contributed by atoms with van der Waals surface area (Å²) in [5, 5.41) is 3.30. The summed E-state index contributed by atoms with van der Waals surface area (Å²) in [6.45, 7) is 2.60. The Labute approximate surface area is 129 Å². The number of hydrogen-bond donors (Lipinski definition) is 1. The van der Waals surface area contributed by atoms with Crippen LogP contribution >= 0.6 is 11.6 Å². The van der Waals surface area contributed by atoms with Gasteiger partial charge >= 0.3 is 0 Å². The maximum atomic E-state index is 12.5. The summed E-state index contributed by atoms with van der Waals surface area (Å²) < 4.78 is 5.30. The van der Waals surface area contributed by atoms with E-state index >= 15 is 0 Å². The van der Waals surface area contributed by atoms with E-state index in [1.807, 2.05) is 13.0 Å². The fourth-order valence-electron chi connectivity index (χ4n) is 2.40. The Balaban J connectivity index is 2.25. The third-order valence-corrected chi connectivity index (χ3v) is 3.96. The molecule has 1 aromatic carbocycles. The van der Waals surface area contributed by atoms with Crippen molar-refractivity contribution in [2.45, 2.75) is 32.4 Å². The number of nitrogens with zero attached hydrogens (tertiary/aromatic N) is 1. The number of hydrogen-bond acceptors (Lipinski definition) is 3. The third kappa shape index (κ3) is 3.47. The van der Waals surface area contributed by atoms with Crippen molar-refractivity contribution in [1.82, 2.24) is 10.2 Å². The Kier molecular flexibility index (Phi) is 5.07. The van der Waals surface area contributed by atoms with Gasteiger partial charge in [-0.05, 0) is 18.6 Å². The SMILES string of the molecule is CCC1NC(=O)CCN(Cc2c(Cl)cccc2OC)C1=O. The monoisotopic (exact) mass is 310 g/mol. The number of rotatable bonds is 4. The molecule has 0 spiro atoms. The molecule has 1 aliphatic rings. The zero-order valence-electron chi connectivity index (χ0n) is 12.2. The van der Waals surface area contributed by atoms with Crippen LogP contribution in [-0.2, 0) is 16.1 Å². The number of benzene rings is 1. The summed E-state index contributed by atoms with van der Waals surface area (Å²) in [6.07, 6.45) is 0.871. The number of ether oxygens (including phenoxy) is 1. The van der Waals surface area contributed by atoms with Crippen molar-refractivity contribution >= 4 is 23.4 Å². The van der Waals surface area contributed by atoms with E-state index in [1.54, 1.807) is 24.1 Å². The van der Waals surface area contributed by atoms with Crippen LogP contribution in [0, 0.1) is 0 Å². The molecule has 0 bridgehead atoms. The van der Waals surface area contributed by atoms with Crippen molar-refractivity contribution in [2.75, 3.05) is 13.7 Å². The second-order valence-electron chi connectivity index (χ2n) is 4.96. The molecule has 1 fully saturated rings. The number of halogens is 1. The first-order valence-electron chi connectivity index (χ1n) is 6.96. The van der Waals surface area contributed by atoms with Crippen LogP contribution in [0.15, 0.2) is 18.2 Å². The topological polar surface area (TPSA) is 58.6 Å². The average molecular weight is 311 g/mol. The van der Waals surface area contributed by atoms with Crippen molar-refractivity contribution in [1.29, 1.82) is 0 Å². The summed E-state index contributed by atoms with van der Waals surface area (Å²) in [5.74, 6) is 0.473. The third-order valence-electron chi connectivity index (χ3n) is 3.61. The summed E-state index contributed by atoms with van der Waals surface area (Å²) in [4.78, 5) is 25.8. The Bertz CT molecular complexity index is 548. The molecule has 0 radical (unpaired) electrons. The fourth-order valence-corrected chi connectivity index (χ4v) is 2.63. The summed E-state index contributed by atoms with van der Waals surface area (Å²) in [5.41, 5.74) is 0.763. The number of carbonyl (C=O) groups is 2. The zero-order chi connectivity index (χ0) is 15.4. The van der Waals surface area contributed by atoms with Gasteiger partial charge in [0.2, 0.25) is 11.8 Å². The van der Waals surface area contributed by atoms with Crippen molar-refractivity contribution in [3.8, 4) is 5.75 Å². The van der Waals surface area contributed by atoms with Crippen molar-refractivity contribution in [3.63, 3.8) is 0 Å². The highest BCUT2D eigenvalue weighted by molar-refractivity contribution is 6.31. The van der Waals surface area contributed by atoms with E-state index in [0.717, 1.165) is 5.56 Å². The molecule has 5 nitrogen and oxygen atoms in total. The first-order valence-corrected chi connectivity index (χ1v) is 7.34. The predicted molar refractivity (Wildman–Crippen MR) is 80.3 cm³/mol. The minimum atomic E-state index is -0.464. The van der Waals surface area contributed by atoms with E-state index in [0.29, 0.717) is 36.7 Å². The highest BCUT2D eigenvalue weighted by Crippen LogP contribution is 2.28. The van der Waals surface area contributed by atoms with Crippen LogP contribution in [0.2, 0.25) is 5.02 Å². The van der Waals surface area contributed by atoms with Gasteiger partial charge in [0.15, 0.2) is 0 Å². The first kappa shape index (κ1) is 15.6. The van der Waals surface area contributed by atoms with Gasteiger partial charge in [-0.15, -0.1) is 0 Å². The molecule has 21 heavy (non-hydrogen) atoms. The van der Waals surface area contributed by atoms with Crippen molar-refractivity contribution in [2.24, 2.45) is 0 Å². The molecule has 1 unspecified atom stereocenters. The zero-order valence-corrected chi connectivity index (χ0v) is 12.9. The minimum Gasteiger partial charge on any atom is -0.496 e. The lowest BCUT2D eigenvalue weighted by Gasteiger charge is -2.24. The average Bonchev–Trinajstić information content (AvgIpc) is 2.61. The van der Waals surface area contributed by atoms with Gasteiger partial charge in [-0.25, -0.2) is 0 Å². The molecule has 1 N–H and O–H groups in total. The highest BCUT2D eigenvalue weighted by Gasteiger charge is 2.29. The maximum Gasteiger partial charge on any atom is 0.245 e. The Hall–Kier alpha value is -1.75. The van der Waals surface area contributed by atoms with Crippen LogP contribution in [0.3, 0.4) is 0 Å². The molecule has 0 aliphatic carbocycles. The largest absolute Gasteiger partial charge is 0.496 e. The quantitative estimate of drug-likeness (QED) is 0.925. The smallest absolute Gasteiger partial charge is 0.245 e. The molecule has 114 valence electrons. The Morgan fingerprint density at radius 1 is 1.43 bits per heavy atom. The number of carbonyl (C=O) groups excluding carboxylic acids is 2. The normalized spacial score (nSPS) is 19.2. The van der Waals surface area contributed by atoms with Crippen LogP contribution < -0.4 is 10.1 Å². The van der Waals surface area contributed by atoms with Crippen LogP contribution in [0.1, 0.15) is 25.3 Å². The van der Waals surface area contributed by atoms with Gasteiger partial charge in [-0.1, -0.05) is 24.6 Å². The molecule has 1 aromatic rings. The molecule has 2 amide bonds. The summed E-state index contributed by atoms with van der Waals surface area (Å²) in [6, 6.07) is 4.91. The molecule has 0 aromatic heterocycles. The Morgan fingerprint density at radius 3 is 2.86 bits per heavy atom. The summed E-state index contributed by atoms with van der Waals surface area (Å²) in [7, 11) is 1.57. The van der Waals surface area contributed by atoms with Crippen molar-refractivity contribution in [3.05, 3.63) is 28.8 Å². The van der Waals surface area contributed by atoms with Gasteiger partial charge < -0.3 is 15.0 Å². The maximum absolute atomic E-state index is 12.5. The van der Waals surface area contributed by atoms with Gasteiger partial charge in [0, 0.05) is 23.6 Å². The molecular weight excluding hydrogens is 292 g/mol. The Morgan fingerprint density at radius 2 is 2.19 bits per heavy atom. The van der Waals surface area contributed by atoms with E-state index in [-0.39, 0.29) is 11.8 Å². The lowest BCUT2D eigenvalue weighted by molar-refractivity contribution is -0.134. The fraction of sp³-hybridized carbons (Fsp3) is 0.467. The van der Waals surface area contributed by atoms with E-state index in [1.165, 1.54) is 0 Å². The van der Waals surface area contributed by atoms with Crippen LogP contribution in [0.25, 0.3) is 0 Å². The van der Waals surface area contributed by atoms with Gasteiger partial charge in [-0.3, -0.25) is 9.59 Å². The molecular formula is C15H19ClN2O3. The van der Waals surface area contributed by atoms with E-state index in [4.69, 9.17) is 16.3 Å². The van der Waals surface area contributed by atoms with Crippen LogP contribution in [-0.4, -0.2) is 36.4 Å². The van der Waals surface area contributed by atoms with Crippen LogP contribution in [0.5, 0.6) is 5.75 Å². The second-order valence-corrected chi connectivity index (χ2v) is 5.37. The standard InChI is InChI=1S/C15H19ClN2O3/c1-3-12-15(20)18(8-7-14(19)17-12)9-10-11(16)5-4-6-13(10)21-2/h4-6,12H,3,7-9H2,1-2H3,(H,17,19). The molecule has 1 aliphatic heterocycles. The number of methoxy groups -OCH3 is 1. The second kappa shape index (κ2) is 6.80. The van der Waals surface area contributed by atoms with E-state index in [9.17, 15) is 9.59 Å². The molecule has 1 saturated heterocycles. The lowest BCUT2D eigenvalue weighted by Crippen LogP contribution is -2.44. The molecule has 6 heteroatoms. The summed E-state index contributed by atoms with van der Waals surface area (Å²) >= 11 is 6.21. The molecule has 1 atom stereocenters. The lowest BCUT2D eigenvalue weighted by atomic mass is 10.1. The van der Waals surface area contributed by atoms with E-state index < -0.39 is 6.04 Å². The van der Waals surface area contributed by atoms with Crippen molar-refractivity contribution < 1.29 is 14.3 Å². The van der Waals surface area contributed by atoms with Gasteiger partial charge in [0.05, 0.1) is 13.7 Å². The van der Waals surface area contributed by atoms with Gasteiger partial charge in [0.25, 0.3) is 0 Å². The molecule has 0 saturated carbocycles. The van der Waals surface area contributed by atoms with Crippen LogP contribution in [0.4, 0.5) is 0 Å². The van der Waals surface area contributed by atoms with E-state index in [2.05, 4.69) is 5.32 Å².